The molecule has 1 aromatic rings. The topological polar surface area (TPSA) is 55.4 Å². The quantitative estimate of drug-likeness (QED) is 0.674. The number of rotatable bonds is 10. The molecule has 0 unspecified atom stereocenters. The summed E-state index contributed by atoms with van der Waals surface area (Å²) >= 11 is 0. The summed E-state index contributed by atoms with van der Waals surface area (Å²) in [5.41, 5.74) is 0.705. The van der Waals surface area contributed by atoms with Crippen molar-refractivity contribution in [2.24, 2.45) is 0 Å². The summed E-state index contributed by atoms with van der Waals surface area (Å²) in [6, 6.07) is 4.28. The lowest BCUT2D eigenvalue weighted by Gasteiger charge is -2.12. The second-order valence-corrected chi connectivity index (χ2v) is 7.23. The van der Waals surface area contributed by atoms with Crippen LogP contribution in [0.5, 0.6) is 5.75 Å². The van der Waals surface area contributed by atoms with Gasteiger partial charge < -0.3 is 10.1 Å². The second kappa shape index (κ2) is 9.00. The van der Waals surface area contributed by atoms with Crippen LogP contribution < -0.4 is 10.1 Å². The molecule has 0 aromatic heterocycles. The Morgan fingerprint density at radius 1 is 1.19 bits per heavy atom. The molecule has 0 aliphatic carbocycles. The van der Waals surface area contributed by atoms with E-state index < -0.39 is 9.84 Å². The fraction of sp³-hybridized carbons (Fsp3) is 0.600. The molecule has 0 amide bonds. The Balaban J connectivity index is 2.61. The highest BCUT2D eigenvalue weighted by atomic mass is 32.2. The molecular weight excluding hydrogens is 293 g/mol. The predicted octanol–water partition coefficient (Wildman–Crippen LogP) is 2.53. The van der Waals surface area contributed by atoms with Crippen molar-refractivity contribution in [3.05, 3.63) is 29.6 Å². The molecule has 0 saturated heterocycles. The summed E-state index contributed by atoms with van der Waals surface area (Å²) in [6.07, 6.45) is 1.59. The van der Waals surface area contributed by atoms with E-state index in [1.165, 1.54) is 12.1 Å². The Kier molecular flexibility index (Phi) is 7.67. The highest BCUT2D eigenvalue weighted by Gasteiger charge is 2.11. The molecule has 0 spiro atoms. The maximum absolute atomic E-state index is 13.3. The van der Waals surface area contributed by atoms with Crippen LogP contribution in [-0.4, -0.2) is 33.1 Å². The highest BCUT2D eigenvalue weighted by Crippen LogP contribution is 2.19. The number of sulfone groups is 1. The predicted molar refractivity (Wildman–Crippen MR) is 82.8 cm³/mol. The van der Waals surface area contributed by atoms with Crippen molar-refractivity contribution >= 4 is 9.84 Å². The molecule has 4 nitrogen and oxygen atoms in total. The summed E-state index contributed by atoms with van der Waals surface area (Å²) in [7, 11) is -3.06. The average Bonchev–Trinajstić information content (AvgIpc) is 2.41. The first kappa shape index (κ1) is 17.9. The monoisotopic (exact) mass is 317 g/mol. The van der Waals surface area contributed by atoms with Gasteiger partial charge in [0.2, 0.25) is 0 Å². The van der Waals surface area contributed by atoms with Gasteiger partial charge in [-0.05, 0) is 37.6 Å². The first-order valence-electron chi connectivity index (χ1n) is 7.31. The molecule has 1 rings (SSSR count). The molecule has 21 heavy (non-hydrogen) atoms. The van der Waals surface area contributed by atoms with Crippen LogP contribution >= 0.6 is 0 Å². The third-order valence-corrected chi connectivity index (χ3v) is 4.75. The zero-order chi connectivity index (χ0) is 15.7. The molecule has 0 aliphatic heterocycles. The van der Waals surface area contributed by atoms with E-state index >= 15 is 0 Å². The van der Waals surface area contributed by atoms with Crippen LogP contribution in [0.4, 0.5) is 4.39 Å². The highest BCUT2D eigenvalue weighted by molar-refractivity contribution is 7.91. The number of halogens is 1. The van der Waals surface area contributed by atoms with Gasteiger partial charge >= 0.3 is 0 Å². The van der Waals surface area contributed by atoms with Gasteiger partial charge in [-0.15, -0.1) is 0 Å². The van der Waals surface area contributed by atoms with Gasteiger partial charge in [-0.3, -0.25) is 0 Å². The van der Waals surface area contributed by atoms with E-state index in [-0.39, 0.29) is 23.9 Å². The second-order valence-electron chi connectivity index (χ2n) is 4.93. The van der Waals surface area contributed by atoms with Crippen molar-refractivity contribution in [1.82, 2.24) is 5.32 Å². The van der Waals surface area contributed by atoms with E-state index in [9.17, 15) is 12.8 Å². The van der Waals surface area contributed by atoms with Crippen LogP contribution in [-0.2, 0) is 16.4 Å². The standard InChI is InChI=1S/C15H24FNO3S/c1-3-7-17-12-13-11-14(16)5-6-15(13)20-8-10-21(18,19)9-4-2/h5-6,11,17H,3-4,7-10,12H2,1-2H3. The van der Waals surface area contributed by atoms with Crippen LogP contribution in [0.2, 0.25) is 0 Å². The Morgan fingerprint density at radius 3 is 2.62 bits per heavy atom. The van der Waals surface area contributed by atoms with Crippen LogP contribution in [0, 0.1) is 5.82 Å². The number of ether oxygens (including phenoxy) is 1. The van der Waals surface area contributed by atoms with Crippen molar-refractivity contribution in [2.75, 3.05) is 24.7 Å². The molecule has 1 N–H and O–H groups in total. The molecule has 0 bridgehead atoms. The number of benzene rings is 1. The van der Waals surface area contributed by atoms with Crippen LogP contribution in [0.15, 0.2) is 18.2 Å². The molecule has 0 aliphatic rings. The third kappa shape index (κ3) is 6.91. The molecule has 0 atom stereocenters. The van der Waals surface area contributed by atoms with Crippen molar-refractivity contribution in [3.8, 4) is 5.75 Å². The SMILES string of the molecule is CCCNCc1cc(F)ccc1OCCS(=O)(=O)CCC. The third-order valence-electron chi connectivity index (χ3n) is 2.93. The van der Waals surface area contributed by atoms with Gasteiger partial charge in [-0.1, -0.05) is 13.8 Å². The van der Waals surface area contributed by atoms with E-state index in [0.29, 0.717) is 24.3 Å². The van der Waals surface area contributed by atoms with Crippen molar-refractivity contribution in [1.29, 1.82) is 0 Å². The Hall–Kier alpha value is -1.14. The Bertz CT molecular complexity index is 532. The van der Waals surface area contributed by atoms with Gasteiger partial charge in [-0.25, -0.2) is 12.8 Å². The van der Waals surface area contributed by atoms with Crippen molar-refractivity contribution in [3.63, 3.8) is 0 Å². The maximum Gasteiger partial charge on any atom is 0.153 e. The van der Waals surface area contributed by atoms with Gasteiger partial charge in [0.15, 0.2) is 9.84 Å². The minimum absolute atomic E-state index is 0.0138. The van der Waals surface area contributed by atoms with Gasteiger partial charge in [-0.2, -0.15) is 0 Å². The normalized spacial score (nSPS) is 11.6. The van der Waals surface area contributed by atoms with Crippen LogP contribution in [0.25, 0.3) is 0 Å². The molecule has 0 saturated carbocycles. The summed E-state index contributed by atoms with van der Waals surface area (Å²) in [6.45, 7) is 5.31. The first-order chi connectivity index (χ1) is 9.98. The minimum Gasteiger partial charge on any atom is -0.492 e. The van der Waals surface area contributed by atoms with E-state index in [2.05, 4.69) is 12.2 Å². The summed E-state index contributed by atoms with van der Waals surface area (Å²) in [4.78, 5) is 0. The molecule has 6 heteroatoms. The van der Waals surface area contributed by atoms with Gasteiger partial charge in [0.1, 0.15) is 18.2 Å². The first-order valence-corrected chi connectivity index (χ1v) is 9.13. The van der Waals surface area contributed by atoms with Crippen LogP contribution in [0.1, 0.15) is 32.3 Å². The molecule has 120 valence electrons. The zero-order valence-electron chi connectivity index (χ0n) is 12.7. The van der Waals surface area contributed by atoms with E-state index in [1.54, 1.807) is 6.07 Å². The Labute approximate surface area is 126 Å². The number of hydrogen-bond acceptors (Lipinski definition) is 4. The van der Waals surface area contributed by atoms with Gasteiger partial charge in [0, 0.05) is 12.1 Å². The smallest absolute Gasteiger partial charge is 0.153 e. The molecule has 0 fully saturated rings. The number of hydrogen-bond donors (Lipinski definition) is 1. The van der Waals surface area contributed by atoms with Gasteiger partial charge in [0.25, 0.3) is 0 Å². The largest absolute Gasteiger partial charge is 0.492 e. The van der Waals surface area contributed by atoms with E-state index in [1.807, 2.05) is 6.92 Å². The minimum atomic E-state index is -3.06. The molecule has 0 radical (unpaired) electrons. The average molecular weight is 317 g/mol. The van der Waals surface area contributed by atoms with E-state index in [0.717, 1.165) is 13.0 Å². The Morgan fingerprint density at radius 2 is 1.95 bits per heavy atom. The van der Waals surface area contributed by atoms with Crippen molar-refractivity contribution in [2.45, 2.75) is 33.2 Å². The van der Waals surface area contributed by atoms with E-state index in [4.69, 9.17) is 4.74 Å². The molecular formula is C15H24FNO3S. The van der Waals surface area contributed by atoms with Gasteiger partial charge in [0.05, 0.1) is 11.5 Å². The number of nitrogens with one attached hydrogen (secondary N) is 1. The maximum atomic E-state index is 13.3. The summed E-state index contributed by atoms with van der Waals surface area (Å²) < 4.78 is 42.0. The van der Waals surface area contributed by atoms with Crippen LogP contribution in [0.3, 0.4) is 0 Å². The lowest BCUT2D eigenvalue weighted by atomic mass is 10.2. The fourth-order valence-corrected chi connectivity index (χ4v) is 3.08. The summed E-state index contributed by atoms with van der Waals surface area (Å²) in [5.74, 6) is 0.367. The summed E-state index contributed by atoms with van der Waals surface area (Å²) in [5, 5.41) is 3.18. The van der Waals surface area contributed by atoms with Crippen molar-refractivity contribution < 1.29 is 17.5 Å². The lowest BCUT2D eigenvalue weighted by Crippen LogP contribution is -2.18. The fourth-order valence-electron chi connectivity index (χ4n) is 1.92. The molecule has 0 heterocycles. The zero-order valence-corrected chi connectivity index (χ0v) is 13.5. The molecule has 1 aromatic carbocycles. The lowest BCUT2D eigenvalue weighted by molar-refractivity contribution is 0.335.